The summed E-state index contributed by atoms with van der Waals surface area (Å²) < 4.78 is 5.47. The number of nitrogens with one attached hydrogen (secondary N) is 1. The van der Waals surface area contributed by atoms with E-state index in [-0.39, 0.29) is 5.91 Å². The molecule has 2 rings (SSSR count). The summed E-state index contributed by atoms with van der Waals surface area (Å²) in [5.74, 6) is 0.947. The molecule has 1 aliphatic rings. The van der Waals surface area contributed by atoms with Gasteiger partial charge in [0.05, 0.1) is 6.54 Å². The molecule has 1 aromatic carbocycles. The van der Waals surface area contributed by atoms with Crippen molar-refractivity contribution < 1.29 is 9.53 Å². The minimum absolute atomic E-state index is 0.169. The van der Waals surface area contributed by atoms with Crippen LogP contribution < -0.4 is 10.1 Å². The highest BCUT2D eigenvalue weighted by atomic mass is 16.5. The van der Waals surface area contributed by atoms with E-state index in [4.69, 9.17) is 4.74 Å². The quantitative estimate of drug-likeness (QED) is 0.811. The molecule has 4 heteroatoms. The summed E-state index contributed by atoms with van der Waals surface area (Å²) in [6.07, 6.45) is 5.19. The van der Waals surface area contributed by atoms with Crippen molar-refractivity contribution in [2.24, 2.45) is 0 Å². The van der Waals surface area contributed by atoms with E-state index < -0.39 is 0 Å². The predicted molar refractivity (Wildman–Crippen MR) is 81.1 cm³/mol. The lowest BCUT2D eigenvalue weighted by molar-refractivity contribution is -0.130. The van der Waals surface area contributed by atoms with E-state index in [0.717, 1.165) is 37.4 Å². The Morgan fingerprint density at radius 1 is 1.35 bits per heavy atom. The van der Waals surface area contributed by atoms with Gasteiger partial charge in [-0.05, 0) is 31.4 Å². The average Bonchev–Trinajstić information content (AvgIpc) is 2.52. The van der Waals surface area contributed by atoms with E-state index in [1.807, 2.05) is 29.2 Å². The molecule has 0 unspecified atom stereocenters. The normalized spacial score (nSPS) is 14.7. The van der Waals surface area contributed by atoms with Crippen LogP contribution in [0.3, 0.4) is 0 Å². The lowest BCUT2D eigenvalue weighted by Crippen LogP contribution is -2.39. The summed E-state index contributed by atoms with van der Waals surface area (Å²) in [5, 5.41) is 3.16. The Labute approximate surface area is 120 Å². The van der Waals surface area contributed by atoms with E-state index in [1.165, 1.54) is 6.42 Å². The summed E-state index contributed by atoms with van der Waals surface area (Å²) in [6.45, 7) is 6.22. The molecule has 0 radical (unpaired) electrons. The average molecular weight is 274 g/mol. The van der Waals surface area contributed by atoms with Gasteiger partial charge in [-0.25, -0.2) is 0 Å². The molecule has 1 aromatic rings. The number of hydrogen-bond donors (Lipinski definition) is 1. The van der Waals surface area contributed by atoms with Crippen LogP contribution in [0.5, 0.6) is 5.75 Å². The van der Waals surface area contributed by atoms with Gasteiger partial charge in [-0.1, -0.05) is 18.7 Å². The largest absolute Gasteiger partial charge is 0.489 e. The molecule has 1 aliphatic heterocycles. The molecule has 1 N–H and O–H groups in total. The molecule has 20 heavy (non-hydrogen) atoms. The van der Waals surface area contributed by atoms with Crippen LogP contribution in [-0.2, 0) is 4.79 Å². The lowest BCUT2D eigenvalue weighted by atomic mass is 10.1. The van der Waals surface area contributed by atoms with Gasteiger partial charge in [0, 0.05) is 24.8 Å². The number of piperidine rings is 1. The second-order valence-electron chi connectivity index (χ2n) is 4.92. The van der Waals surface area contributed by atoms with E-state index in [1.54, 1.807) is 6.08 Å². The number of carbonyl (C=O) groups is 1. The third-order valence-electron chi connectivity index (χ3n) is 3.35. The molecule has 0 bridgehead atoms. The van der Waals surface area contributed by atoms with Crippen LogP contribution in [0.25, 0.3) is 0 Å². The topological polar surface area (TPSA) is 41.6 Å². The second kappa shape index (κ2) is 7.58. The molecule has 0 saturated carbocycles. The first-order chi connectivity index (χ1) is 9.79. The third-order valence-corrected chi connectivity index (χ3v) is 3.35. The van der Waals surface area contributed by atoms with E-state index in [0.29, 0.717) is 13.2 Å². The number of amides is 1. The van der Waals surface area contributed by atoms with E-state index >= 15 is 0 Å². The van der Waals surface area contributed by atoms with Crippen LogP contribution in [0.1, 0.15) is 19.3 Å². The maximum Gasteiger partial charge on any atom is 0.241 e. The van der Waals surface area contributed by atoms with Gasteiger partial charge < -0.3 is 15.0 Å². The van der Waals surface area contributed by atoms with Crippen LogP contribution in [-0.4, -0.2) is 37.0 Å². The molecule has 0 spiro atoms. The minimum Gasteiger partial charge on any atom is -0.489 e. The molecule has 1 amide bonds. The molecule has 0 atom stereocenters. The van der Waals surface area contributed by atoms with Crippen molar-refractivity contribution >= 4 is 11.6 Å². The maximum absolute atomic E-state index is 12.0. The smallest absolute Gasteiger partial charge is 0.241 e. The zero-order valence-electron chi connectivity index (χ0n) is 11.8. The Kier molecular flexibility index (Phi) is 5.47. The highest BCUT2D eigenvalue weighted by Gasteiger charge is 2.15. The standard InChI is InChI=1S/C16H22N2O2/c1-2-11-20-15-8-6-7-14(12-15)17-13-16(19)18-9-4-3-5-10-18/h2,6-8,12,17H,1,3-5,9-11,13H2. The summed E-state index contributed by atoms with van der Waals surface area (Å²) in [7, 11) is 0. The molecule has 4 nitrogen and oxygen atoms in total. The van der Waals surface area contributed by atoms with Crippen molar-refractivity contribution in [3.8, 4) is 5.75 Å². The first kappa shape index (κ1) is 14.4. The molecule has 0 aliphatic carbocycles. The van der Waals surface area contributed by atoms with Crippen molar-refractivity contribution in [1.29, 1.82) is 0 Å². The van der Waals surface area contributed by atoms with Crippen LogP contribution in [0.4, 0.5) is 5.69 Å². The van der Waals surface area contributed by atoms with Gasteiger partial charge in [0.2, 0.25) is 5.91 Å². The maximum atomic E-state index is 12.0. The van der Waals surface area contributed by atoms with Crippen LogP contribution in [0.15, 0.2) is 36.9 Å². The number of rotatable bonds is 6. The summed E-state index contributed by atoms with van der Waals surface area (Å²) >= 11 is 0. The molecular formula is C16H22N2O2. The van der Waals surface area contributed by atoms with Crippen LogP contribution in [0, 0.1) is 0 Å². The second-order valence-corrected chi connectivity index (χ2v) is 4.92. The van der Waals surface area contributed by atoms with Crippen molar-refractivity contribution in [2.75, 3.05) is 31.6 Å². The van der Waals surface area contributed by atoms with Crippen molar-refractivity contribution in [3.05, 3.63) is 36.9 Å². The number of ether oxygens (including phenoxy) is 1. The molecule has 1 saturated heterocycles. The predicted octanol–water partition coefficient (Wildman–Crippen LogP) is 2.68. The number of benzene rings is 1. The third kappa shape index (κ3) is 4.30. The zero-order valence-corrected chi connectivity index (χ0v) is 11.8. The van der Waals surface area contributed by atoms with E-state index in [2.05, 4.69) is 11.9 Å². The number of likely N-dealkylation sites (tertiary alicyclic amines) is 1. The molecule has 1 heterocycles. The van der Waals surface area contributed by atoms with Crippen LogP contribution in [0.2, 0.25) is 0 Å². The van der Waals surface area contributed by atoms with Gasteiger partial charge in [-0.15, -0.1) is 0 Å². The van der Waals surface area contributed by atoms with Crippen molar-refractivity contribution in [1.82, 2.24) is 4.90 Å². The first-order valence-corrected chi connectivity index (χ1v) is 7.15. The lowest BCUT2D eigenvalue weighted by Gasteiger charge is -2.26. The fourth-order valence-electron chi connectivity index (χ4n) is 2.28. The molecular weight excluding hydrogens is 252 g/mol. The number of hydrogen-bond acceptors (Lipinski definition) is 3. The van der Waals surface area contributed by atoms with Crippen LogP contribution >= 0.6 is 0 Å². The summed E-state index contributed by atoms with van der Waals surface area (Å²) in [6, 6.07) is 7.63. The van der Waals surface area contributed by atoms with Gasteiger partial charge in [0.25, 0.3) is 0 Å². The first-order valence-electron chi connectivity index (χ1n) is 7.15. The van der Waals surface area contributed by atoms with Gasteiger partial charge in [-0.2, -0.15) is 0 Å². The minimum atomic E-state index is 0.169. The Morgan fingerprint density at radius 2 is 2.15 bits per heavy atom. The number of anilines is 1. The Morgan fingerprint density at radius 3 is 2.90 bits per heavy atom. The van der Waals surface area contributed by atoms with Gasteiger partial charge in [0.15, 0.2) is 0 Å². The van der Waals surface area contributed by atoms with Gasteiger partial charge in [-0.3, -0.25) is 4.79 Å². The highest BCUT2D eigenvalue weighted by Crippen LogP contribution is 2.17. The zero-order chi connectivity index (χ0) is 14.2. The number of nitrogens with zero attached hydrogens (tertiary/aromatic N) is 1. The SMILES string of the molecule is C=CCOc1cccc(NCC(=O)N2CCCCC2)c1. The summed E-state index contributed by atoms with van der Waals surface area (Å²) in [4.78, 5) is 14.0. The number of carbonyl (C=O) groups excluding carboxylic acids is 1. The van der Waals surface area contributed by atoms with E-state index in [9.17, 15) is 4.79 Å². The Balaban J connectivity index is 1.83. The molecule has 0 aromatic heterocycles. The van der Waals surface area contributed by atoms with Crippen molar-refractivity contribution in [3.63, 3.8) is 0 Å². The van der Waals surface area contributed by atoms with Gasteiger partial charge >= 0.3 is 0 Å². The fraction of sp³-hybridized carbons (Fsp3) is 0.438. The van der Waals surface area contributed by atoms with Crippen molar-refractivity contribution in [2.45, 2.75) is 19.3 Å². The monoisotopic (exact) mass is 274 g/mol. The highest BCUT2D eigenvalue weighted by molar-refractivity contribution is 5.81. The van der Waals surface area contributed by atoms with Gasteiger partial charge in [0.1, 0.15) is 12.4 Å². The molecule has 108 valence electrons. The fourth-order valence-corrected chi connectivity index (χ4v) is 2.28. The summed E-state index contributed by atoms with van der Waals surface area (Å²) in [5.41, 5.74) is 0.900. The molecule has 1 fully saturated rings. The Hall–Kier alpha value is -1.97. The Bertz CT molecular complexity index is 454.